The Morgan fingerprint density at radius 1 is 1.27 bits per heavy atom. The van der Waals surface area contributed by atoms with Crippen molar-refractivity contribution >= 4 is 0 Å². The molecule has 1 heteroatoms. The summed E-state index contributed by atoms with van der Waals surface area (Å²) in [7, 11) is 0. The lowest BCUT2D eigenvalue weighted by Crippen LogP contribution is -1.98. The minimum Gasteiger partial charge on any atom is -0.512 e. The van der Waals surface area contributed by atoms with Gasteiger partial charge in [-0.1, -0.05) is 13.8 Å². The van der Waals surface area contributed by atoms with E-state index in [1.165, 1.54) is 5.57 Å². The van der Waals surface area contributed by atoms with Crippen molar-refractivity contribution in [3.8, 4) is 0 Å². The quantitative estimate of drug-likeness (QED) is 0.566. The highest BCUT2D eigenvalue weighted by atomic mass is 16.3. The number of aliphatic hydroxyl groups is 1. The van der Waals surface area contributed by atoms with E-state index in [0.29, 0.717) is 11.2 Å². The van der Waals surface area contributed by atoms with Crippen LogP contribution in [0, 0.1) is 17.3 Å². The highest BCUT2D eigenvalue weighted by Crippen LogP contribution is 2.65. The monoisotopic (exact) mass is 152 g/mol. The molecule has 62 valence electrons. The van der Waals surface area contributed by atoms with Crippen LogP contribution < -0.4 is 0 Å². The molecule has 2 aliphatic carbocycles. The lowest BCUT2D eigenvalue weighted by Gasteiger charge is -2.10. The zero-order valence-electron chi connectivity index (χ0n) is 7.52. The van der Waals surface area contributed by atoms with E-state index in [9.17, 15) is 5.11 Å². The Kier molecular flexibility index (Phi) is 1.19. The number of aliphatic hydroxyl groups excluding tert-OH is 1. The maximum Gasteiger partial charge on any atom is 0.0914 e. The van der Waals surface area contributed by atoms with Gasteiger partial charge in [0, 0.05) is 6.42 Å². The van der Waals surface area contributed by atoms with Crippen LogP contribution in [-0.2, 0) is 0 Å². The van der Waals surface area contributed by atoms with Crippen molar-refractivity contribution in [3.63, 3.8) is 0 Å². The molecule has 1 saturated carbocycles. The number of fused-ring (bicyclic) bond motifs is 1. The van der Waals surface area contributed by atoms with Gasteiger partial charge in [0.05, 0.1) is 5.76 Å². The summed E-state index contributed by atoms with van der Waals surface area (Å²) in [5.74, 6) is 2.29. The van der Waals surface area contributed by atoms with Crippen LogP contribution in [0.2, 0.25) is 0 Å². The number of allylic oxidation sites excluding steroid dienone is 2. The largest absolute Gasteiger partial charge is 0.512 e. The van der Waals surface area contributed by atoms with Gasteiger partial charge < -0.3 is 5.11 Å². The van der Waals surface area contributed by atoms with Crippen LogP contribution in [0.4, 0.5) is 0 Å². The number of hydrogen-bond donors (Lipinski definition) is 1. The van der Waals surface area contributed by atoms with E-state index in [1.807, 2.05) is 0 Å². The molecular formula is C10H16O. The third-order valence-electron chi connectivity index (χ3n) is 3.72. The van der Waals surface area contributed by atoms with E-state index in [-0.39, 0.29) is 0 Å². The average molecular weight is 152 g/mol. The maximum absolute atomic E-state index is 9.49. The Balaban J connectivity index is 2.18. The first-order valence-corrected chi connectivity index (χ1v) is 4.41. The van der Waals surface area contributed by atoms with Crippen LogP contribution in [0.5, 0.6) is 0 Å². The van der Waals surface area contributed by atoms with Gasteiger partial charge >= 0.3 is 0 Å². The van der Waals surface area contributed by atoms with Gasteiger partial charge in [-0.2, -0.15) is 0 Å². The van der Waals surface area contributed by atoms with Crippen LogP contribution in [0.3, 0.4) is 0 Å². The molecule has 0 radical (unpaired) electrons. The molecule has 1 fully saturated rings. The fourth-order valence-corrected chi connectivity index (χ4v) is 2.50. The minimum absolute atomic E-state index is 0.506. The zero-order valence-corrected chi connectivity index (χ0v) is 7.52. The van der Waals surface area contributed by atoms with Gasteiger partial charge in [-0.25, -0.2) is 0 Å². The lowest BCUT2D eigenvalue weighted by atomic mass is 9.99. The van der Waals surface area contributed by atoms with Crippen LogP contribution in [0.1, 0.15) is 33.6 Å². The molecule has 0 saturated heterocycles. The van der Waals surface area contributed by atoms with Gasteiger partial charge in [0.15, 0.2) is 0 Å². The Hall–Kier alpha value is -0.460. The summed E-state index contributed by atoms with van der Waals surface area (Å²) in [6.45, 7) is 6.68. The van der Waals surface area contributed by atoms with Gasteiger partial charge in [-0.3, -0.25) is 0 Å². The Morgan fingerprint density at radius 3 is 2.36 bits per heavy atom. The fraction of sp³-hybridized carbons (Fsp3) is 0.800. The molecule has 0 aliphatic heterocycles. The van der Waals surface area contributed by atoms with Gasteiger partial charge in [0.1, 0.15) is 0 Å². The topological polar surface area (TPSA) is 20.2 Å². The molecule has 11 heavy (non-hydrogen) atoms. The highest BCUT2D eigenvalue weighted by molar-refractivity contribution is 5.22. The first-order valence-electron chi connectivity index (χ1n) is 4.41. The maximum atomic E-state index is 9.49. The summed E-state index contributed by atoms with van der Waals surface area (Å²) >= 11 is 0. The van der Waals surface area contributed by atoms with Crippen molar-refractivity contribution in [1.29, 1.82) is 0 Å². The molecule has 2 aliphatic rings. The molecule has 0 heterocycles. The van der Waals surface area contributed by atoms with E-state index in [0.717, 1.165) is 24.7 Å². The second-order valence-electron chi connectivity index (χ2n) is 4.67. The van der Waals surface area contributed by atoms with Gasteiger partial charge in [0.25, 0.3) is 0 Å². The van der Waals surface area contributed by atoms with E-state index < -0.39 is 0 Å². The summed E-state index contributed by atoms with van der Waals surface area (Å²) in [4.78, 5) is 0. The SMILES string of the molecule is CC1=C(O)C[C@@H]2[C@H](C1)C2(C)C. The first kappa shape index (κ1) is 7.20. The molecule has 0 spiro atoms. The molecule has 1 N–H and O–H groups in total. The lowest BCUT2D eigenvalue weighted by molar-refractivity contribution is 0.350. The van der Waals surface area contributed by atoms with Crippen LogP contribution >= 0.6 is 0 Å². The Bertz CT molecular complexity index is 203. The van der Waals surface area contributed by atoms with E-state index in [2.05, 4.69) is 20.8 Å². The molecule has 2 rings (SSSR count). The number of rotatable bonds is 0. The molecule has 0 aromatic heterocycles. The molecule has 2 atom stereocenters. The van der Waals surface area contributed by atoms with Gasteiger partial charge in [-0.05, 0) is 36.2 Å². The summed E-state index contributed by atoms with van der Waals surface area (Å²) in [6.07, 6.45) is 2.06. The second kappa shape index (κ2) is 1.82. The van der Waals surface area contributed by atoms with Gasteiger partial charge in [0.2, 0.25) is 0 Å². The smallest absolute Gasteiger partial charge is 0.0914 e. The van der Waals surface area contributed by atoms with Crippen molar-refractivity contribution in [2.45, 2.75) is 33.6 Å². The third kappa shape index (κ3) is 0.831. The van der Waals surface area contributed by atoms with Crippen molar-refractivity contribution < 1.29 is 5.11 Å². The molecule has 1 nitrogen and oxygen atoms in total. The molecule has 0 bridgehead atoms. The Labute approximate surface area is 68.1 Å². The van der Waals surface area contributed by atoms with Gasteiger partial charge in [-0.15, -0.1) is 0 Å². The summed E-state index contributed by atoms with van der Waals surface area (Å²) in [5.41, 5.74) is 1.72. The predicted octanol–water partition coefficient (Wildman–Crippen LogP) is 2.88. The first-order chi connectivity index (χ1) is 5.03. The van der Waals surface area contributed by atoms with Crippen LogP contribution in [0.25, 0.3) is 0 Å². The molecule has 0 aromatic carbocycles. The van der Waals surface area contributed by atoms with E-state index in [4.69, 9.17) is 0 Å². The standard InChI is InChI=1S/C10H16O/c1-6-4-7-8(5-9(6)11)10(7,2)3/h7-8,11H,4-5H2,1-3H3/t7-,8+/m0/s1. The normalized spacial score (nSPS) is 40.3. The van der Waals surface area contributed by atoms with Crippen molar-refractivity contribution in [3.05, 3.63) is 11.3 Å². The molecule has 0 aromatic rings. The summed E-state index contributed by atoms with van der Waals surface area (Å²) < 4.78 is 0. The van der Waals surface area contributed by atoms with E-state index in [1.54, 1.807) is 0 Å². The van der Waals surface area contributed by atoms with Crippen molar-refractivity contribution in [2.24, 2.45) is 17.3 Å². The van der Waals surface area contributed by atoms with Crippen molar-refractivity contribution in [2.75, 3.05) is 0 Å². The fourth-order valence-electron chi connectivity index (χ4n) is 2.50. The minimum atomic E-state index is 0.506. The average Bonchev–Trinajstić information content (AvgIpc) is 2.39. The van der Waals surface area contributed by atoms with Crippen LogP contribution in [-0.4, -0.2) is 5.11 Å². The second-order valence-corrected chi connectivity index (χ2v) is 4.67. The van der Waals surface area contributed by atoms with Crippen LogP contribution in [0.15, 0.2) is 11.3 Å². The predicted molar refractivity (Wildman–Crippen MR) is 45.3 cm³/mol. The molecule has 0 amide bonds. The third-order valence-corrected chi connectivity index (χ3v) is 3.72. The zero-order chi connectivity index (χ0) is 8.22. The summed E-state index contributed by atoms with van der Waals surface area (Å²) in [6, 6.07) is 0. The Morgan fingerprint density at radius 2 is 1.82 bits per heavy atom. The van der Waals surface area contributed by atoms with E-state index >= 15 is 0 Å². The summed E-state index contributed by atoms with van der Waals surface area (Å²) in [5, 5.41) is 9.49. The van der Waals surface area contributed by atoms with Crippen molar-refractivity contribution in [1.82, 2.24) is 0 Å². The molecule has 0 unspecified atom stereocenters. The highest BCUT2D eigenvalue weighted by Gasteiger charge is 2.58. The molecular weight excluding hydrogens is 136 g/mol. The number of hydrogen-bond acceptors (Lipinski definition) is 1.